The third-order valence-electron chi connectivity index (χ3n) is 3.14. The second kappa shape index (κ2) is 6.15. The maximum absolute atomic E-state index is 9.25. The van der Waals surface area contributed by atoms with Gasteiger partial charge in [0.2, 0.25) is 0 Å². The van der Waals surface area contributed by atoms with Gasteiger partial charge in [0.05, 0.1) is 14.2 Å². The molecule has 0 aromatic heterocycles. The van der Waals surface area contributed by atoms with E-state index < -0.39 is 0 Å². The Kier molecular flexibility index (Phi) is 4.31. The Labute approximate surface area is 119 Å². The molecule has 0 spiro atoms. The molecule has 2 aromatic carbocycles. The summed E-state index contributed by atoms with van der Waals surface area (Å²) in [6.07, 6.45) is 3.96. The molecule has 0 unspecified atom stereocenters. The topological polar surface area (TPSA) is 38.7 Å². The second-order valence-electron chi connectivity index (χ2n) is 4.48. The molecule has 0 bridgehead atoms. The zero-order valence-electron chi connectivity index (χ0n) is 11.9. The number of methoxy groups -OCH3 is 2. The summed E-state index contributed by atoms with van der Waals surface area (Å²) in [6.45, 7) is 1.96. The molecule has 0 aliphatic carbocycles. The molecule has 0 aliphatic heterocycles. The lowest BCUT2D eigenvalue weighted by atomic mass is 10.1. The summed E-state index contributed by atoms with van der Waals surface area (Å²) in [5.41, 5.74) is 3.00. The normalized spacial score (nSPS) is 10.8. The Bertz CT molecular complexity index is 588. The minimum Gasteiger partial charge on any atom is -0.508 e. The Balaban J connectivity index is 2.31. The standard InChI is InChI=1S/C17H18O3/c1-12-16(19-2)10-14(11-17(12)20-3)5-4-13-6-8-15(18)9-7-13/h4-11,18H,1-3H3/b5-4+. The lowest BCUT2D eigenvalue weighted by Crippen LogP contribution is -1.93. The lowest BCUT2D eigenvalue weighted by Gasteiger charge is -2.10. The van der Waals surface area contributed by atoms with Gasteiger partial charge in [0.15, 0.2) is 0 Å². The van der Waals surface area contributed by atoms with Crippen LogP contribution >= 0.6 is 0 Å². The zero-order valence-corrected chi connectivity index (χ0v) is 11.9. The van der Waals surface area contributed by atoms with Crippen molar-refractivity contribution >= 4 is 12.2 Å². The molecule has 2 rings (SSSR count). The molecule has 2 aromatic rings. The number of hydrogen-bond donors (Lipinski definition) is 1. The fraction of sp³-hybridized carbons (Fsp3) is 0.176. The van der Waals surface area contributed by atoms with E-state index in [4.69, 9.17) is 9.47 Å². The van der Waals surface area contributed by atoms with Crippen molar-refractivity contribution in [3.8, 4) is 17.2 Å². The Morgan fingerprint density at radius 3 is 1.85 bits per heavy atom. The van der Waals surface area contributed by atoms with Crippen LogP contribution in [-0.4, -0.2) is 19.3 Å². The fourth-order valence-corrected chi connectivity index (χ4v) is 1.98. The van der Waals surface area contributed by atoms with Gasteiger partial charge in [-0.2, -0.15) is 0 Å². The van der Waals surface area contributed by atoms with Crippen molar-refractivity contribution in [3.05, 3.63) is 53.1 Å². The van der Waals surface area contributed by atoms with Gasteiger partial charge in [0, 0.05) is 5.56 Å². The highest BCUT2D eigenvalue weighted by molar-refractivity contribution is 5.72. The number of hydrogen-bond acceptors (Lipinski definition) is 3. The van der Waals surface area contributed by atoms with Gasteiger partial charge >= 0.3 is 0 Å². The number of aromatic hydroxyl groups is 1. The monoisotopic (exact) mass is 270 g/mol. The Hall–Kier alpha value is -2.42. The highest BCUT2D eigenvalue weighted by Gasteiger charge is 2.06. The predicted molar refractivity (Wildman–Crippen MR) is 81.3 cm³/mol. The van der Waals surface area contributed by atoms with Crippen molar-refractivity contribution in [3.63, 3.8) is 0 Å². The average molecular weight is 270 g/mol. The second-order valence-corrected chi connectivity index (χ2v) is 4.48. The molecule has 0 amide bonds. The molecule has 0 fully saturated rings. The smallest absolute Gasteiger partial charge is 0.126 e. The molecule has 3 heteroatoms. The molecular formula is C17H18O3. The summed E-state index contributed by atoms with van der Waals surface area (Å²) < 4.78 is 10.7. The van der Waals surface area contributed by atoms with Gasteiger partial charge in [-0.1, -0.05) is 24.3 Å². The first-order valence-corrected chi connectivity index (χ1v) is 6.34. The summed E-state index contributed by atoms with van der Waals surface area (Å²) in [7, 11) is 3.30. The van der Waals surface area contributed by atoms with Crippen LogP contribution in [0, 0.1) is 6.92 Å². The summed E-state index contributed by atoms with van der Waals surface area (Å²) in [5, 5.41) is 9.25. The molecular weight excluding hydrogens is 252 g/mol. The molecule has 3 nitrogen and oxygen atoms in total. The van der Waals surface area contributed by atoms with E-state index in [1.54, 1.807) is 26.4 Å². The molecule has 20 heavy (non-hydrogen) atoms. The van der Waals surface area contributed by atoms with Crippen LogP contribution in [0.2, 0.25) is 0 Å². The predicted octanol–water partition coefficient (Wildman–Crippen LogP) is 3.89. The summed E-state index contributed by atoms with van der Waals surface area (Å²) in [5.74, 6) is 1.87. The first-order valence-electron chi connectivity index (χ1n) is 6.34. The molecule has 0 saturated heterocycles. The number of phenolic OH excluding ortho intramolecular Hbond substituents is 1. The van der Waals surface area contributed by atoms with E-state index in [2.05, 4.69) is 0 Å². The maximum atomic E-state index is 9.25. The minimum atomic E-state index is 0.265. The van der Waals surface area contributed by atoms with E-state index in [1.807, 2.05) is 43.3 Å². The Morgan fingerprint density at radius 2 is 1.35 bits per heavy atom. The molecule has 0 radical (unpaired) electrons. The van der Waals surface area contributed by atoms with Gasteiger partial charge in [0.25, 0.3) is 0 Å². The first-order chi connectivity index (χ1) is 9.63. The minimum absolute atomic E-state index is 0.265. The highest BCUT2D eigenvalue weighted by Crippen LogP contribution is 2.30. The van der Waals surface area contributed by atoms with Gasteiger partial charge in [-0.25, -0.2) is 0 Å². The quantitative estimate of drug-likeness (QED) is 0.857. The van der Waals surface area contributed by atoms with Crippen molar-refractivity contribution < 1.29 is 14.6 Å². The Morgan fingerprint density at radius 1 is 0.850 bits per heavy atom. The van der Waals surface area contributed by atoms with Crippen LogP contribution in [0.5, 0.6) is 17.2 Å². The zero-order chi connectivity index (χ0) is 14.5. The number of benzene rings is 2. The van der Waals surface area contributed by atoms with E-state index in [1.165, 1.54) is 0 Å². The van der Waals surface area contributed by atoms with Crippen LogP contribution in [0.25, 0.3) is 12.2 Å². The van der Waals surface area contributed by atoms with Crippen LogP contribution in [0.1, 0.15) is 16.7 Å². The van der Waals surface area contributed by atoms with Crippen molar-refractivity contribution in [1.29, 1.82) is 0 Å². The third-order valence-corrected chi connectivity index (χ3v) is 3.14. The van der Waals surface area contributed by atoms with E-state index >= 15 is 0 Å². The maximum Gasteiger partial charge on any atom is 0.126 e. The average Bonchev–Trinajstić information content (AvgIpc) is 2.47. The van der Waals surface area contributed by atoms with Crippen LogP contribution < -0.4 is 9.47 Å². The molecule has 104 valence electrons. The van der Waals surface area contributed by atoms with Gasteiger partial charge in [-0.3, -0.25) is 0 Å². The van der Waals surface area contributed by atoms with E-state index in [0.29, 0.717) is 0 Å². The number of ether oxygens (including phenoxy) is 2. The first kappa shape index (κ1) is 14.0. The van der Waals surface area contributed by atoms with Crippen LogP contribution in [-0.2, 0) is 0 Å². The molecule has 0 saturated carbocycles. The van der Waals surface area contributed by atoms with Gasteiger partial charge in [-0.15, -0.1) is 0 Å². The molecule has 1 N–H and O–H groups in total. The van der Waals surface area contributed by atoms with E-state index in [-0.39, 0.29) is 5.75 Å². The van der Waals surface area contributed by atoms with Gasteiger partial charge < -0.3 is 14.6 Å². The van der Waals surface area contributed by atoms with Gasteiger partial charge in [-0.05, 0) is 42.3 Å². The van der Waals surface area contributed by atoms with Crippen molar-refractivity contribution in [1.82, 2.24) is 0 Å². The molecule has 0 aliphatic rings. The van der Waals surface area contributed by atoms with Crippen molar-refractivity contribution in [2.24, 2.45) is 0 Å². The largest absolute Gasteiger partial charge is 0.508 e. The summed E-state index contributed by atoms with van der Waals surface area (Å²) >= 11 is 0. The van der Waals surface area contributed by atoms with Crippen LogP contribution in [0.4, 0.5) is 0 Å². The van der Waals surface area contributed by atoms with Crippen LogP contribution in [0.3, 0.4) is 0 Å². The SMILES string of the molecule is COc1cc(/C=C/c2ccc(O)cc2)cc(OC)c1C. The van der Waals surface area contributed by atoms with E-state index in [9.17, 15) is 5.11 Å². The molecule has 0 atom stereocenters. The fourth-order valence-electron chi connectivity index (χ4n) is 1.98. The van der Waals surface area contributed by atoms with Crippen LogP contribution in [0.15, 0.2) is 36.4 Å². The van der Waals surface area contributed by atoms with Gasteiger partial charge in [0.1, 0.15) is 17.2 Å². The summed E-state index contributed by atoms with van der Waals surface area (Å²) in [4.78, 5) is 0. The highest BCUT2D eigenvalue weighted by atomic mass is 16.5. The van der Waals surface area contributed by atoms with E-state index in [0.717, 1.165) is 28.2 Å². The lowest BCUT2D eigenvalue weighted by molar-refractivity contribution is 0.388. The summed E-state index contributed by atoms with van der Waals surface area (Å²) in [6, 6.07) is 11.0. The van der Waals surface area contributed by atoms with Crippen molar-refractivity contribution in [2.45, 2.75) is 6.92 Å². The number of rotatable bonds is 4. The number of phenols is 1. The van der Waals surface area contributed by atoms with Crippen molar-refractivity contribution in [2.75, 3.05) is 14.2 Å². The molecule has 0 heterocycles. The third kappa shape index (κ3) is 3.12.